The molecule has 2 aromatic heterocycles. The van der Waals surface area contributed by atoms with Gasteiger partial charge in [-0.2, -0.15) is 0 Å². The monoisotopic (exact) mass is 716 g/mol. The van der Waals surface area contributed by atoms with Gasteiger partial charge in [0.05, 0.1) is 46.2 Å². The van der Waals surface area contributed by atoms with Gasteiger partial charge < -0.3 is 30.4 Å². The van der Waals surface area contributed by atoms with Crippen molar-refractivity contribution in [3.8, 4) is 0 Å². The highest BCUT2D eigenvalue weighted by atomic mass is 19.1. The van der Waals surface area contributed by atoms with E-state index < -0.39 is 11.6 Å². The summed E-state index contributed by atoms with van der Waals surface area (Å²) in [6.07, 6.45) is 14.8. The number of H-pyrrole nitrogens is 2. The van der Waals surface area contributed by atoms with Crippen LogP contribution in [0.5, 0.6) is 0 Å². The molecule has 2 aliphatic carbocycles. The predicted molar refractivity (Wildman–Crippen MR) is 205 cm³/mol. The number of fused-ring (bicyclic) bond motifs is 4. The smallest absolute Gasteiger partial charge is 0.151 e. The summed E-state index contributed by atoms with van der Waals surface area (Å²) in [5.74, 6) is 2.59. The first kappa shape index (κ1) is 32.4. The van der Waals surface area contributed by atoms with Crippen LogP contribution in [0.25, 0.3) is 22.1 Å². The minimum Gasteiger partial charge on any atom is -0.367 e. The van der Waals surface area contributed by atoms with Crippen LogP contribution < -0.4 is 20.4 Å². The third kappa shape index (κ3) is 5.57. The van der Waals surface area contributed by atoms with Crippen molar-refractivity contribution in [2.24, 2.45) is 11.8 Å². The minimum absolute atomic E-state index is 0.0603. The maximum atomic E-state index is 16.1. The number of benzene rings is 3. The molecule has 276 valence electrons. The molecule has 5 aromatic rings. The fourth-order valence-electron chi connectivity index (χ4n) is 11.5. The number of halogens is 2. The summed E-state index contributed by atoms with van der Waals surface area (Å²) in [5.41, 5.74) is 6.95. The number of aromatic nitrogens is 4. The molecular weight excluding hydrogens is 667 g/mol. The summed E-state index contributed by atoms with van der Waals surface area (Å²) in [5, 5.41) is 7.69. The van der Waals surface area contributed by atoms with Crippen molar-refractivity contribution in [3.63, 3.8) is 0 Å². The zero-order valence-corrected chi connectivity index (χ0v) is 30.4. The second kappa shape index (κ2) is 12.8. The zero-order chi connectivity index (χ0) is 35.2. The first-order chi connectivity index (χ1) is 26.0. The molecule has 10 heteroatoms. The molecule has 8 nitrogen and oxygen atoms in total. The van der Waals surface area contributed by atoms with E-state index >= 15 is 8.78 Å². The fraction of sp³-hybridized carbons (Fsp3) is 0.535. The van der Waals surface area contributed by atoms with Crippen LogP contribution in [0.2, 0.25) is 0 Å². The topological polar surface area (TPSA) is 87.9 Å². The SMILES string of the molecule is Fc1cc(N2[C@@H](c3ccc4nc([C@@H]5C[C@@H]6CCC[C@@H]6N5)[nH]c4c3)CC[C@H]2c2ccc3nc([C@@H]4C[C@@H]5CCC[C@@H]5N4)[nH]c3c2)cc(F)c1N1CCCCC1. The average molecular weight is 717 g/mol. The van der Waals surface area contributed by atoms with Crippen LogP contribution in [0.4, 0.5) is 20.2 Å². The summed E-state index contributed by atoms with van der Waals surface area (Å²) in [6.45, 7) is 1.38. The first-order valence-electron chi connectivity index (χ1n) is 20.6. The molecule has 8 atom stereocenters. The Kier molecular flexibility index (Phi) is 7.82. The van der Waals surface area contributed by atoms with Gasteiger partial charge in [-0.1, -0.05) is 25.0 Å². The van der Waals surface area contributed by atoms with Gasteiger partial charge in [-0.15, -0.1) is 0 Å². The number of nitrogens with one attached hydrogen (secondary N) is 4. The third-order valence-corrected chi connectivity index (χ3v) is 14.1. The molecule has 4 N–H and O–H groups in total. The van der Waals surface area contributed by atoms with Gasteiger partial charge in [-0.05, 0) is 130 Å². The standard InChI is InChI=1S/C43H50F2N8/c44-29-22-28(23-30(45)41(29)52-16-2-1-3-17-52)53-39(26-10-12-33-35(20-26)50-42(48-33)37-18-24-6-4-8-31(24)46-37)14-15-40(53)27-11-13-34-36(21-27)51-43(49-34)38-19-25-7-5-9-32(25)47-38/h10-13,20-25,31-32,37-40,46-47H,1-9,14-19H2,(H,48,50)(H,49,51)/t24-,25-,31-,32-,37-,38-,39-,40+/m0/s1. The number of nitrogens with zero attached hydrogens (tertiary/aromatic N) is 4. The summed E-state index contributed by atoms with van der Waals surface area (Å²) in [4.78, 5) is 21.6. The molecular formula is C43H50F2N8. The summed E-state index contributed by atoms with van der Waals surface area (Å²) in [7, 11) is 0. The van der Waals surface area contributed by atoms with Crippen molar-refractivity contribution < 1.29 is 8.78 Å². The lowest BCUT2D eigenvalue weighted by Gasteiger charge is -2.35. The van der Waals surface area contributed by atoms with Gasteiger partial charge in [0.15, 0.2) is 11.6 Å². The molecule has 0 radical (unpaired) electrons. The molecule has 6 aliphatic rings. The largest absolute Gasteiger partial charge is 0.367 e. The van der Waals surface area contributed by atoms with E-state index in [1.54, 1.807) is 12.1 Å². The van der Waals surface area contributed by atoms with Crippen LogP contribution in [0, 0.1) is 23.5 Å². The Bertz CT molecular complexity index is 2010. The molecule has 0 spiro atoms. The highest BCUT2D eigenvalue weighted by Gasteiger charge is 2.41. The van der Waals surface area contributed by atoms with Crippen molar-refractivity contribution in [1.82, 2.24) is 30.6 Å². The van der Waals surface area contributed by atoms with Gasteiger partial charge in [0.1, 0.15) is 17.3 Å². The number of hydrogen-bond acceptors (Lipinski definition) is 6. The quantitative estimate of drug-likeness (QED) is 0.140. The molecule has 4 saturated heterocycles. The molecule has 0 amide bonds. The number of piperidine rings is 1. The molecule has 11 rings (SSSR count). The lowest BCUT2D eigenvalue weighted by Crippen LogP contribution is -2.31. The van der Waals surface area contributed by atoms with E-state index in [1.165, 1.54) is 38.5 Å². The Hall–Kier alpha value is -4.02. The molecule has 0 bridgehead atoms. The molecule has 6 heterocycles. The van der Waals surface area contributed by atoms with E-state index in [2.05, 4.69) is 61.9 Å². The summed E-state index contributed by atoms with van der Waals surface area (Å²) < 4.78 is 32.3. The number of imidazole rings is 2. The van der Waals surface area contributed by atoms with E-state index in [4.69, 9.17) is 9.97 Å². The fourth-order valence-corrected chi connectivity index (χ4v) is 11.5. The highest BCUT2D eigenvalue weighted by molar-refractivity contribution is 5.78. The zero-order valence-electron chi connectivity index (χ0n) is 30.4. The Balaban J connectivity index is 0.943. The Labute approximate surface area is 309 Å². The second-order valence-electron chi connectivity index (χ2n) is 17.1. The Morgan fingerprint density at radius 3 is 1.62 bits per heavy atom. The van der Waals surface area contributed by atoms with Crippen molar-refractivity contribution in [2.45, 2.75) is 120 Å². The van der Waals surface area contributed by atoms with E-state index in [9.17, 15) is 0 Å². The Morgan fingerprint density at radius 2 is 1.11 bits per heavy atom. The van der Waals surface area contributed by atoms with Gasteiger partial charge in [-0.3, -0.25) is 0 Å². The lowest BCUT2D eigenvalue weighted by atomic mass is 10.0. The maximum absolute atomic E-state index is 16.1. The third-order valence-electron chi connectivity index (χ3n) is 14.1. The second-order valence-corrected chi connectivity index (χ2v) is 17.1. The molecule has 53 heavy (non-hydrogen) atoms. The number of rotatable bonds is 6. The van der Waals surface area contributed by atoms with E-state index in [0.29, 0.717) is 30.9 Å². The summed E-state index contributed by atoms with van der Waals surface area (Å²) >= 11 is 0. The van der Waals surface area contributed by atoms with E-state index in [0.717, 1.165) is 102 Å². The molecule has 4 aliphatic heterocycles. The number of hydrogen-bond donors (Lipinski definition) is 4. The first-order valence-corrected chi connectivity index (χ1v) is 20.6. The van der Waals surface area contributed by atoms with Crippen LogP contribution in [-0.2, 0) is 0 Å². The van der Waals surface area contributed by atoms with Gasteiger partial charge in [-0.25, -0.2) is 18.7 Å². The van der Waals surface area contributed by atoms with Crippen molar-refractivity contribution in [2.75, 3.05) is 22.9 Å². The van der Waals surface area contributed by atoms with Crippen molar-refractivity contribution >= 4 is 33.4 Å². The van der Waals surface area contributed by atoms with Crippen LogP contribution in [0.3, 0.4) is 0 Å². The lowest BCUT2D eigenvalue weighted by molar-refractivity contribution is 0.516. The van der Waals surface area contributed by atoms with Crippen LogP contribution in [-0.4, -0.2) is 45.1 Å². The summed E-state index contributed by atoms with van der Waals surface area (Å²) in [6, 6.07) is 17.8. The molecule has 0 unspecified atom stereocenters. The normalized spacial score (nSPS) is 31.4. The molecule has 2 saturated carbocycles. The van der Waals surface area contributed by atoms with Crippen molar-refractivity contribution in [3.05, 3.63) is 82.9 Å². The van der Waals surface area contributed by atoms with E-state index in [1.807, 2.05) is 4.90 Å². The number of anilines is 2. The number of aromatic amines is 2. The van der Waals surface area contributed by atoms with Gasteiger partial charge in [0.2, 0.25) is 0 Å². The van der Waals surface area contributed by atoms with Crippen LogP contribution >= 0.6 is 0 Å². The van der Waals surface area contributed by atoms with Crippen LogP contribution in [0.1, 0.15) is 130 Å². The van der Waals surface area contributed by atoms with Crippen molar-refractivity contribution in [1.29, 1.82) is 0 Å². The molecule has 3 aromatic carbocycles. The van der Waals surface area contributed by atoms with E-state index in [-0.39, 0.29) is 29.9 Å². The Morgan fingerprint density at radius 1 is 0.585 bits per heavy atom. The maximum Gasteiger partial charge on any atom is 0.151 e. The highest BCUT2D eigenvalue weighted by Crippen LogP contribution is 2.49. The average Bonchev–Trinajstić information content (AvgIpc) is 4.00. The van der Waals surface area contributed by atoms with Crippen LogP contribution in [0.15, 0.2) is 48.5 Å². The van der Waals surface area contributed by atoms with Gasteiger partial charge in [0, 0.05) is 30.9 Å². The predicted octanol–water partition coefficient (Wildman–Crippen LogP) is 9.20. The van der Waals surface area contributed by atoms with Gasteiger partial charge >= 0.3 is 0 Å². The van der Waals surface area contributed by atoms with Gasteiger partial charge in [0.25, 0.3) is 0 Å². The molecule has 6 fully saturated rings. The minimum atomic E-state index is -0.476.